The van der Waals surface area contributed by atoms with E-state index in [9.17, 15) is 9.18 Å². The van der Waals surface area contributed by atoms with E-state index < -0.39 is 5.82 Å². The molecular weight excluding hydrogens is 221 g/mol. The summed E-state index contributed by atoms with van der Waals surface area (Å²) in [4.78, 5) is 10.9. The molecule has 0 aliphatic heterocycles. The highest BCUT2D eigenvalue weighted by molar-refractivity contribution is 5.89. The molecule has 1 aliphatic rings. The lowest BCUT2D eigenvalue weighted by atomic mass is 10.1. The quantitative estimate of drug-likeness (QED) is 0.877. The Morgan fingerprint density at radius 2 is 2.12 bits per heavy atom. The van der Waals surface area contributed by atoms with Gasteiger partial charge in [-0.05, 0) is 38.3 Å². The van der Waals surface area contributed by atoms with Crippen molar-refractivity contribution in [3.05, 3.63) is 23.5 Å². The van der Waals surface area contributed by atoms with Crippen LogP contribution >= 0.6 is 0 Å². The third-order valence-corrected chi connectivity index (χ3v) is 2.90. The second-order valence-electron chi connectivity index (χ2n) is 4.83. The summed E-state index contributed by atoms with van der Waals surface area (Å²) in [5.74, 6) is -0.389. The monoisotopic (exact) mass is 237 g/mol. The van der Waals surface area contributed by atoms with Gasteiger partial charge in [0.2, 0.25) is 5.91 Å². The van der Waals surface area contributed by atoms with Gasteiger partial charge in [0.05, 0.1) is 0 Å². The van der Waals surface area contributed by atoms with Crippen LogP contribution in [0.1, 0.15) is 32.3 Å². The van der Waals surface area contributed by atoms with E-state index in [2.05, 4.69) is 5.32 Å². The van der Waals surface area contributed by atoms with Gasteiger partial charge in [0.25, 0.3) is 0 Å². The summed E-state index contributed by atoms with van der Waals surface area (Å²) in [5.41, 5.74) is 1.08. The van der Waals surface area contributed by atoms with Crippen molar-refractivity contribution >= 4 is 11.6 Å². The second kappa shape index (κ2) is 4.02. The molecule has 0 saturated heterocycles. The molecule has 0 spiro atoms. The molecule has 1 aliphatic carbocycles. The van der Waals surface area contributed by atoms with Crippen molar-refractivity contribution in [2.45, 2.75) is 39.2 Å². The number of benzene rings is 1. The molecule has 92 valence electrons. The predicted octanol–water partition coefficient (Wildman–Crippen LogP) is 3.02. The van der Waals surface area contributed by atoms with Crippen LogP contribution < -0.4 is 10.1 Å². The second-order valence-corrected chi connectivity index (χ2v) is 4.83. The Morgan fingerprint density at radius 1 is 1.47 bits per heavy atom. The molecule has 1 N–H and O–H groups in total. The number of anilines is 1. The molecule has 1 aromatic rings. The minimum absolute atomic E-state index is 0.206. The van der Waals surface area contributed by atoms with Crippen molar-refractivity contribution < 1.29 is 13.9 Å². The number of carbonyl (C=O) groups is 1. The fourth-order valence-electron chi connectivity index (χ4n) is 1.60. The van der Waals surface area contributed by atoms with Gasteiger partial charge >= 0.3 is 0 Å². The summed E-state index contributed by atoms with van der Waals surface area (Å²) in [5, 5.41) is 2.59. The Morgan fingerprint density at radius 3 is 2.65 bits per heavy atom. The molecule has 0 unspecified atom stereocenters. The first-order valence-corrected chi connectivity index (χ1v) is 5.66. The van der Waals surface area contributed by atoms with Gasteiger partial charge in [0.15, 0.2) is 11.6 Å². The average molecular weight is 237 g/mol. The molecule has 1 saturated carbocycles. The van der Waals surface area contributed by atoms with Crippen LogP contribution in [0.2, 0.25) is 0 Å². The Bertz CT molecular complexity index is 467. The summed E-state index contributed by atoms with van der Waals surface area (Å²) < 4.78 is 19.4. The topological polar surface area (TPSA) is 38.3 Å². The highest BCUT2D eigenvalue weighted by Gasteiger charge is 2.40. The normalized spacial score (nSPS) is 16.5. The number of aryl methyl sites for hydroxylation is 1. The van der Waals surface area contributed by atoms with Crippen LogP contribution in [0.25, 0.3) is 0 Å². The number of carbonyl (C=O) groups excluding carboxylic acids is 1. The fraction of sp³-hybridized carbons (Fsp3) is 0.462. The number of rotatable bonds is 3. The Hall–Kier alpha value is -1.58. The van der Waals surface area contributed by atoms with Crippen LogP contribution in [-0.4, -0.2) is 11.5 Å². The van der Waals surface area contributed by atoms with Gasteiger partial charge in [0.1, 0.15) is 5.60 Å². The van der Waals surface area contributed by atoms with Gasteiger partial charge in [-0.3, -0.25) is 4.79 Å². The van der Waals surface area contributed by atoms with Gasteiger partial charge in [-0.1, -0.05) is 0 Å². The van der Waals surface area contributed by atoms with Crippen molar-refractivity contribution in [2.75, 3.05) is 5.32 Å². The third kappa shape index (κ3) is 2.75. The number of hydrogen-bond acceptors (Lipinski definition) is 2. The molecule has 3 nitrogen and oxygen atoms in total. The summed E-state index contributed by atoms with van der Waals surface area (Å²) in [6, 6.07) is 2.93. The number of ether oxygens (including phenoxy) is 1. The van der Waals surface area contributed by atoms with Gasteiger partial charge in [-0.2, -0.15) is 0 Å². The number of amides is 1. The molecule has 1 aromatic carbocycles. The van der Waals surface area contributed by atoms with Crippen molar-refractivity contribution in [2.24, 2.45) is 0 Å². The van der Waals surface area contributed by atoms with E-state index in [0.29, 0.717) is 5.69 Å². The van der Waals surface area contributed by atoms with E-state index in [1.54, 1.807) is 6.07 Å². The number of nitrogens with one attached hydrogen (secondary N) is 1. The minimum Gasteiger partial charge on any atom is -0.484 e. The molecular formula is C13H16FNO2. The molecule has 0 bridgehead atoms. The first-order valence-electron chi connectivity index (χ1n) is 5.66. The summed E-state index contributed by atoms with van der Waals surface area (Å²) in [7, 11) is 0. The van der Waals surface area contributed by atoms with Crippen molar-refractivity contribution in [3.8, 4) is 5.75 Å². The van der Waals surface area contributed by atoms with Gasteiger partial charge in [-0.15, -0.1) is 0 Å². The molecule has 2 rings (SSSR count). The van der Waals surface area contributed by atoms with Gasteiger partial charge < -0.3 is 10.1 Å². The SMILES string of the molecule is CC(=O)Nc1cc(F)c(OC2(C)CC2)cc1C. The Labute approximate surface area is 100.0 Å². The minimum atomic E-state index is -0.438. The fourth-order valence-corrected chi connectivity index (χ4v) is 1.60. The standard InChI is InChI=1S/C13H16FNO2/c1-8-6-12(17-13(3)4-5-13)10(14)7-11(8)15-9(2)16/h6-7H,4-5H2,1-3H3,(H,15,16). The maximum absolute atomic E-state index is 13.8. The van der Waals surface area contributed by atoms with E-state index in [1.807, 2.05) is 13.8 Å². The third-order valence-electron chi connectivity index (χ3n) is 2.90. The van der Waals surface area contributed by atoms with E-state index in [-0.39, 0.29) is 17.3 Å². The predicted molar refractivity (Wildman–Crippen MR) is 63.7 cm³/mol. The molecule has 0 atom stereocenters. The van der Waals surface area contributed by atoms with Gasteiger partial charge in [0, 0.05) is 18.7 Å². The zero-order valence-corrected chi connectivity index (χ0v) is 10.3. The molecule has 17 heavy (non-hydrogen) atoms. The smallest absolute Gasteiger partial charge is 0.221 e. The summed E-state index contributed by atoms with van der Waals surface area (Å²) >= 11 is 0. The van der Waals surface area contributed by atoms with Crippen molar-refractivity contribution in [3.63, 3.8) is 0 Å². The molecule has 1 amide bonds. The molecule has 1 fully saturated rings. The van der Waals surface area contributed by atoms with E-state index in [1.165, 1.54) is 13.0 Å². The van der Waals surface area contributed by atoms with Crippen molar-refractivity contribution in [1.82, 2.24) is 0 Å². The summed E-state index contributed by atoms with van der Waals surface area (Å²) in [6.45, 7) is 5.17. The van der Waals surface area contributed by atoms with Crippen LogP contribution in [-0.2, 0) is 4.79 Å². The lowest BCUT2D eigenvalue weighted by Gasteiger charge is -2.15. The molecule has 0 radical (unpaired) electrons. The first-order chi connectivity index (χ1) is 7.89. The van der Waals surface area contributed by atoms with Crippen LogP contribution in [0.4, 0.5) is 10.1 Å². The molecule has 0 aromatic heterocycles. The summed E-state index contributed by atoms with van der Waals surface area (Å²) in [6.07, 6.45) is 1.91. The maximum atomic E-state index is 13.8. The van der Waals surface area contributed by atoms with Crippen LogP contribution in [0.3, 0.4) is 0 Å². The van der Waals surface area contributed by atoms with E-state index >= 15 is 0 Å². The van der Waals surface area contributed by atoms with Crippen LogP contribution in [0, 0.1) is 12.7 Å². The number of hydrogen-bond donors (Lipinski definition) is 1. The highest BCUT2D eigenvalue weighted by atomic mass is 19.1. The zero-order valence-electron chi connectivity index (χ0n) is 10.3. The average Bonchev–Trinajstić information content (AvgIpc) is 2.91. The van der Waals surface area contributed by atoms with Crippen LogP contribution in [0.5, 0.6) is 5.75 Å². The van der Waals surface area contributed by atoms with Crippen molar-refractivity contribution in [1.29, 1.82) is 0 Å². The maximum Gasteiger partial charge on any atom is 0.221 e. The highest BCUT2D eigenvalue weighted by Crippen LogP contribution is 2.41. The Balaban J connectivity index is 2.24. The molecule has 4 heteroatoms. The van der Waals surface area contributed by atoms with Crippen LogP contribution in [0.15, 0.2) is 12.1 Å². The Kier molecular flexibility index (Phi) is 2.81. The lowest BCUT2D eigenvalue weighted by Crippen LogP contribution is -2.14. The molecule has 0 heterocycles. The number of halogens is 1. The van der Waals surface area contributed by atoms with Gasteiger partial charge in [-0.25, -0.2) is 4.39 Å². The zero-order chi connectivity index (χ0) is 12.6. The first kappa shape index (κ1) is 11.9. The largest absolute Gasteiger partial charge is 0.484 e. The van der Waals surface area contributed by atoms with E-state index in [0.717, 1.165) is 18.4 Å². The van der Waals surface area contributed by atoms with E-state index in [4.69, 9.17) is 4.74 Å². The lowest BCUT2D eigenvalue weighted by molar-refractivity contribution is -0.114.